The predicted octanol–water partition coefficient (Wildman–Crippen LogP) is 4.53. The van der Waals surface area contributed by atoms with Gasteiger partial charge in [0.15, 0.2) is 0 Å². The number of anilines is 1. The zero-order valence-electron chi connectivity index (χ0n) is 16.6. The Morgan fingerprint density at radius 1 is 1.14 bits per heavy atom. The Morgan fingerprint density at radius 2 is 1.96 bits per heavy atom. The molecule has 2 aromatic rings. The molecule has 146 valence electrons. The Labute approximate surface area is 166 Å². The van der Waals surface area contributed by atoms with Gasteiger partial charge in [0.05, 0.1) is 11.7 Å². The van der Waals surface area contributed by atoms with E-state index in [2.05, 4.69) is 41.5 Å². The number of hydrogen-bond donors (Lipinski definition) is 1. The quantitative estimate of drug-likeness (QED) is 0.779. The molecule has 0 bridgehead atoms. The van der Waals surface area contributed by atoms with Gasteiger partial charge in [0.2, 0.25) is 0 Å². The van der Waals surface area contributed by atoms with E-state index >= 15 is 0 Å². The molecule has 4 rings (SSSR count). The summed E-state index contributed by atoms with van der Waals surface area (Å²) in [6.45, 7) is 4.97. The van der Waals surface area contributed by atoms with Crippen molar-refractivity contribution >= 4 is 11.7 Å². The molecule has 28 heavy (non-hydrogen) atoms. The minimum Gasteiger partial charge on any atom is -0.366 e. The van der Waals surface area contributed by atoms with Crippen molar-refractivity contribution < 1.29 is 4.79 Å². The zero-order valence-corrected chi connectivity index (χ0v) is 16.6. The lowest BCUT2D eigenvalue weighted by Gasteiger charge is -2.27. The lowest BCUT2D eigenvalue weighted by molar-refractivity contribution is 0.0720. The average Bonchev–Trinajstić information content (AvgIpc) is 3.40. The van der Waals surface area contributed by atoms with Gasteiger partial charge in [-0.3, -0.25) is 4.79 Å². The topological polar surface area (TPSA) is 58.1 Å². The molecule has 1 saturated carbocycles. The minimum absolute atomic E-state index is 0.0676. The number of benzene rings is 1. The van der Waals surface area contributed by atoms with Crippen molar-refractivity contribution in [3.63, 3.8) is 0 Å². The van der Waals surface area contributed by atoms with Crippen LogP contribution in [0.1, 0.15) is 49.9 Å². The third-order valence-electron chi connectivity index (χ3n) is 5.72. The summed E-state index contributed by atoms with van der Waals surface area (Å²) in [6, 6.07) is 12.3. The Hall–Kier alpha value is -2.69. The number of rotatable bonds is 5. The van der Waals surface area contributed by atoms with Crippen LogP contribution in [0.25, 0.3) is 11.3 Å². The minimum atomic E-state index is 0.0676. The number of nitrogens with zero attached hydrogens (tertiary/aromatic N) is 3. The van der Waals surface area contributed by atoms with Gasteiger partial charge in [-0.25, -0.2) is 0 Å². The van der Waals surface area contributed by atoms with E-state index in [1.165, 1.54) is 25.7 Å². The van der Waals surface area contributed by atoms with Gasteiger partial charge in [0.25, 0.3) is 5.91 Å². The average molecular weight is 377 g/mol. The third kappa shape index (κ3) is 3.93. The van der Waals surface area contributed by atoms with Crippen LogP contribution in [0.3, 0.4) is 0 Å². The summed E-state index contributed by atoms with van der Waals surface area (Å²) in [5.74, 6) is 1.29. The second-order valence-corrected chi connectivity index (χ2v) is 8.13. The normalized spacial score (nSPS) is 19.5. The molecule has 1 fully saturated rings. The van der Waals surface area contributed by atoms with Gasteiger partial charge in [-0.05, 0) is 43.0 Å². The number of hydrogen-bond acceptors (Lipinski definition) is 4. The van der Waals surface area contributed by atoms with Gasteiger partial charge in [0, 0.05) is 23.7 Å². The van der Waals surface area contributed by atoms with Gasteiger partial charge in [0.1, 0.15) is 5.82 Å². The predicted molar refractivity (Wildman–Crippen MR) is 112 cm³/mol. The lowest BCUT2D eigenvalue weighted by Crippen LogP contribution is -2.39. The maximum absolute atomic E-state index is 13.0. The number of carbonyl (C=O) groups excluding carboxylic acids is 1. The van der Waals surface area contributed by atoms with Crippen LogP contribution in [0.15, 0.2) is 48.6 Å². The van der Waals surface area contributed by atoms with E-state index < -0.39 is 0 Å². The van der Waals surface area contributed by atoms with Crippen LogP contribution in [0.5, 0.6) is 0 Å². The zero-order chi connectivity index (χ0) is 19.5. The monoisotopic (exact) mass is 376 g/mol. The molecule has 1 amide bonds. The Balaban J connectivity index is 1.49. The second kappa shape index (κ2) is 8.13. The summed E-state index contributed by atoms with van der Waals surface area (Å²) < 4.78 is 0. The molecule has 5 heteroatoms. The first-order valence-electron chi connectivity index (χ1n) is 10.3. The highest BCUT2D eigenvalue weighted by molar-refractivity contribution is 5.96. The Kier molecular flexibility index (Phi) is 5.42. The van der Waals surface area contributed by atoms with E-state index in [1.54, 1.807) is 0 Å². The Morgan fingerprint density at radius 3 is 2.68 bits per heavy atom. The summed E-state index contributed by atoms with van der Waals surface area (Å²) in [5, 5.41) is 12.2. The molecule has 1 aliphatic heterocycles. The molecule has 1 aromatic carbocycles. The summed E-state index contributed by atoms with van der Waals surface area (Å²) >= 11 is 0. The standard InChI is InChI=1S/C23H28N4O/c1-16(2)21-11-6-14-27(21)23(28)18-8-5-7-17(15-18)20-12-13-22(26-25-20)24-19-9-3-4-10-19/h5-8,11-13,15-16,19,21H,3-4,9-10,14H2,1-2H3,(H,24,26)/t21-/m0/s1. The molecular weight excluding hydrogens is 348 g/mol. The highest BCUT2D eigenvalue weighted by atomic mass is 16.2. The van der Waals surface area contributed by atoms with Crippen molar-refractivity contribution in [2.75, 3.05) is 11.9 Å². The van der Waals surface area contributed by atoms with E-state index in [9.17, 15) is 4.79 Å². The molecule has 2 aliphatic rings. The number of aromatic nitrogens is 2. The molecule has 1 atom stereocenters. The summed E-state index contributed by atoms with van der Waals surface area (Å²) in [7, 11) is 0. The third-order valence-corrected chi connectivity index (χ3v) is 5.72. The van der Waals surface area contributed by atoms with E-state index in [0.717, 1.165) is 17.1 Å². The van der Waals surface area contributed by atoms with Crippen LogP contribution in [0.4, 0.5) is 5.82 Å². The van der Waals surface area contributed by atoms with Gasteiger partial charge in [-0.15, -0.1) is 10.2 Å². The fourth-order valence-electron chi connectivity index (χ4n) is 4.16. The molecule has 1 aliphatic carbocycles. The highest BCUT2D eigenvalue weighted by Crippen LogP contribution is 2.25. The van der Waals surface area contributed by atoms with Crippen LogP contribution in [0, 0.1) is 5.92 Å². The highest BCUT2D eigenvalue weighted by Gasteiger charge is 2.27. The molecule has 0 saturated heterocycles. The molecule has 0 unspecified atom stereocenters. The lowest BCUT2D eigenvalue weighted by atomic mass is 10.0. The largest absolute Gasteiger partial charge is 0.366 e. The van der Waals surface area contributed by atoms with Crippen molar-refractivity contribution in [3.8, 4) is 11.3 Å². The number of nitrogens with one attached hydrogen (secondary N) is 1. The van der Waals surface area contributed by atoms with Gasteiger partial charge < -0.3 is 10.2 Å². The molecule has 0 spiro atoms. The van der Waals surface area contributed by atoms with Crippen LogP contribution >= 0.6 is 0 Å². The molecule has 2 heterocycles. The van der Waals surface area contributed by atoms with Crippen molar-refractivity contribution in [1.82, 2.24) is 15.1 Å². The van der Waals surface area contributed by atoms with Crippen LogP contribution in [-0.4, -0.2) is 39.6 Å². The van der Waals surface area contributed by atoms with E-state index in [0.29, 0.717) is 24.1 Å². The first-order chi connectivity index (χ1) is 13.6. The molecule has 1 N–H and O–H groups in total. The Bertz CT molecular complexity index is 853. The van der Waals surface area contributed by atoms with Crippen molar-refractivity contribution in [2.24, 2.45) is 5.92 Å². The molecule has 1 aromatic heterocycles. The van der Waals surface area contributed by atoms with E-state index in [4.69, 9.17) is 0 Å². The molecular formula is C23H28N4O. The van der Waals surface area contributed by atoms with Crippen molar-refractivity contribution in [3.05, 3.63) is 54.1 Å². The van der Waals surface area contributed by atoms with Crippen LogP contribution < -0.4 is 5.32 Å². The fraction of sp³-hybridized carbons (Fsp3) is 0.435. The maximum Gasteiger partial charge on any atom is 0.254 e. The van der Waals surface area contributed by atoms with E-state index in [1.807, 2.05) is 41.3 Å². The van der Waals surface area contributed by atoms with Crippen LogP contribution in [0.2, 0.25) is 0 Å². The molecule has 5 nitrogen and oxygen atoms in total. The van der Waals surface area contributed by atoms with Gasteiger partial charge >= 0.3 is 0 Å². The number of carbonyl (C=O) groups is 1. The summed E-state index contributed by atoms with van der Waals surface area (Å²) in [6.07, 6.45) is 9.19. The second-order valence-electron chi connectivity index (χ2n) is 8.13. The fourth-order valence-corrected chi connectivity index (χ4v) is 4.16. The summed E-state index contributed by atoms with van der Waals surface area (Å²) in [5.41, 5.74) is 2.40. The van der Waals surface area contributed by atoms with Gasteiger partial charge in [-0.2, -0.15) is 0 Å². The first kappa shape index (κ1) is 18.7. The molecule has 0 radical (unpaired) electrons. The van der Waals surface area contributed by atoms with Gasteiger partial charge in [-0.1, -0.05) is 51.0 Å². The maximum atomic E-state index is 13.0. The summed E-state index contributed by atoms with van der Waals surface area (Å²) in [4.78, 5) is 15.0. The van der Waals surface area contributed by atoms with Crippen molar-refractivity contribution in [1.29, 1.82) is 0 Å². The van der Waals surface area contributed by atoms with E-state index in [-0.39, 0.29) is 11.9 Å². The van der Waals surface area contributed by atoms with Crippen LogP contribution in [-0.2, 0) is 0 Å². The number of amides is 1. The smallest absolute Gasteiger partial charge is 0.254 e. The first-order valence-corrected chi connectivity index (χ1v) is 10.3. The van der Waals surface area contributed by atoms with Crippen molar-refractivity contribution in [2.45, 2.75) is 51.6 Å². The SMILES string of the molecule is CC(C)[C@@H]1C=CCN1C(=O)c1cccc(-c2ccc(NC3CCCC3)nn2)c1.